The molecule has 1 fully saturated rings. The lowest BCUT2D eigenvalue weighted by Crippen LogP contribution is -2.45. The van der Waals surface area contributed by atoms with Crippen LogP contribution in [0.5, 0.6) is 0 Å². The second kappa shape index (κ2) is 12.4. The van der Waals surface area contributed by atoms with E-state index < -0.39 is 39.1 Å². The number of rotatable bonds is 11. The van der Waals surface area contributed by atoms with Crippen molar-refractivity contribution in [2.24, 2.45) is 11.7 Å². The predicted molar refractivity (Wildman–Crippen MR) is 145 cm³/mol. The molecule has 1 aromatic heterocycles. The second-order valence-electron chi connectivity index (χ2n) is 10.2. The number of sulfonamides is 1. The Bertz CT molecular complexity index is 1250. The molecule has 2 atom stereocenters. The van der Waals surface area contributed by atoms with Crippen LogP contribution in [0.4, 0.5) is 29.7 Å². The SMILES string of the molecule is CC(C)CN(c1ccc(C(C)C(C(N)=O)S(=O)(=O)N(C)C)cc1Nc1nc(C(F)(F)F)ns1)C1CCOCC1. The molecule has 3 N–H and O–H groups in total. The number of carbonyl (C=O) groups excluding carboxylic acids is 1. The summed E-state index contributed by atoms with van der Waals surface area (Å²) in [5, 5.41) is 1.36. The fourth-order valence-corrected chi connectivity index (χ4v) is 6.60. The number of hydrogen-bond donors (Lipinski definition) is 2. The molecule has 3 rings (SSSR count). The van der Waals surface area contributed by atoms with E-state index in [0.29, 0.717) is 48.2 Å². The molecule has 1 aliphatic heterocycles. The topological polar surface area (TPSA) is 131 Å². The van der Waals surface area contributed by atoms with Crippen LogP contribution in [0.15, 0.2) is 18.2 Å². The summed E-state index contributed by atoms with van der Waals surface area (Å²) in [7, 11) is -1.42. The molecule has 1 saturated heterocycles. The minimum absolute atomic E-state index is 0.0720. The van der Waals surface area contributed by atoms with E-state index in [1.165, 1.54) is 14.1 Å². The number of amides is 1. The van der Waals surface area contributed by atoms with Crippen molar-refractivity contribution in [1.82, 2.24) is 13.7 Å². The second-order valence-corrected chi connectivity index (χ2v) is 13.2. The Morgan fingerprint density at radius 1 is 1.23 bits per heavy atom. The normalized spacial score (nSPS) is 16.9. The first-order valence-electron chi connectivity index (χ1n) is 12.5. The van der Waals surface area contributed by atoms with Gasteiger partial charge in [0.1, 0.15) is 0 Å². The highest BCUT2D eigenvalue weighted by Crippen LogP contribution is 2.38. The van der Waals surface area contributed by atoms with Crippen molar-refractivity contribution >= 4 is 44.0 Å². The van der Waals surface area contributed by atoms with Gasteiger partial charge in [-0.05, 0) is 36.5 Å². The smallest absolute Gasteiger partial charge is 0.381 e. The minimum atomic E-state index is -4.70. The van der Waals surface area contributed by atoms with E-state index in [1.54, 1.807) is 25.1 Å². The first-order chi connectivity index (χ1) is 18.1. The summed E-state index contributed by atoms with van der Waals surface area (Å²) in [6.45, 7) is 7.55. The number of halogens is 3. The Labute approximate surface area is 230 Å². The van der Waals surface area contributed by atoms with Gasteiger partial charge in [-0.3, -0.25) is 4.79 Å². The molecule has 0 aliphatic carbocycles. The summed E-state index contributed by atoms with van der Waals surface area (Å²) in [6, 6.07) is 5.28. The van der Waals surface area contributed by atoms with E-state index in [-0.39, 0.29) is 17.1 Å². The van der Waals surface area contributed by atoms with Crippen molar-refractivity contribution in [3.63, 3.8) is 0 Å². The van der Waals surface area contributed by atoms with Crippen LogP contribution >= 0.6 is 11.5 Å². The third-order valence-corrected chi connectivity index (χ3v) is 9.47. The number of anilines is 3. The van der Waals surface area contributed by atoms with Crippen molar-refractivity contribution < 1.29 is 31.1 Å². The molecule has 0 spiro atoms. The van der Waals surface area contributed by atoms with Crippen molar-refractivity contribution in [1.29, 1.82) is 0 Å². The molecule has 0 radical (unpaired) electrons. The summed E-state index contributed by atoms with van der Waals surface area (Å²) < 4.78 is 75.3. The van der Waals surface area contributed by atoms with Gasteiger partial charge in [0.2, 0.25) is 26.9 Å². The van der Waals surface area contributed by atoms with Crippen LogP contribution in [0, 0.1) is 5.92 Å². The van der Waals surface area contributed by atoms with Crippen LogP contribution in [-0.2, 0) is 25.7 Å². The van der Waals surface area contributed by atoms with Crippen LogP contribution < -0.4 is 16.0 Å². The Balaban J connectivity index is 2.12. The van der Waals surface area contributed by atoms with Gasteiger partial charge in [-0.2, -0.15) is 22.5 Å². The molecule has 1 aromatic carbocycles. The maximum Gasteiger partial charge on any atom is 0.452 e. The lowest BCUT2D eigenvalue weighted by molar-refractivity contribution is -0.144. The lowest BCUT2D eigenvalue weighted by atomic mass is 9.95. The molecule has 2 unspecified atom stereocenters. The van der Waals surface area contributed by atoms with Crippen molar-refractivity contribution in [3.8, 4) is 0 Å². The summed E-state index contributed by atoms with van der Waals surface area (Å²) >= 11 is 0.567. The van der Waals surface area contributed by atoms with Crippen LogP contribution in [0.2, 0.25) is 0 Å². The fraction of sp³-hybridized carbons (Fsp3) is 0.625. The van der Waals surface area contributed by atoms with Crippen molar-refractivity contribution in [2.45, 2.75) is 57.0 Å². The Kier molecular flexibility index (Phi) is 9.83. The van der Waals surface area contributed by atoms with Gasteiger partial charge < -0.3 is 20.7 Å². The summed E-state index contributed by atoms with van der Waals surface area (Å²) in [5.41, 5.74) is 7.12. The average Bonchev–Trinajstić information content (AvgIpc) is 3.32. The number of benzene rings is 1. The molecule has 0 bridgehead atoms. The molecule has 2 aromatic rings. The summed E-state index contributed by atoms with van der Waals surface area (Å²) in [5.74, 6) is -2.85. The molecule has 0 saturated carbocycles. The van der Waals surface area contributed by atoms with Gasteiger partial charge in [0, 0.05) is 57.3 Å². The number of hydrogen-bond acceptors (Lipinski definition) is 9. The van der Waals surface area contributed by atoms with Gasteiger partial charge in [0.05, 0.1) is 11.4 Å². The first kappa shape index (κ1) is 31.0. The van der Waals surface area contributed by atoms with Crippen molar-refractivity contribution in [3.05, 3.63) is 29.6 Å². The quantitative estimate of drug-likeness (QED) is 0.403. The standard InChI is InChI=1S/C24H35F3N6O4S2/c1-14(2)13-33(17-8-10-37-11-9-17)19-7-6-16(15(3)20(21(28)34)39(35,36)32(4)5)12-18(19)29-23-30-22(31-38-23)24(25,26)27/h6-7,12,14-15,17,20H,8-11,13H2,1-5H3,(H2,28,34)(H,29,30,31). The maximum absolute atomic E-state index is 13.2. The number of nitrogens with one attached hydrogen (secondary N) is 1. The number of primary amides is 1. The zero-order valence-electron chi connectivity index (χ0n) is 22.5. The van der Waals surface area contributed by atoms with E-state index in [0.717, 1.165) is 17.1 Å². The van der Waals surface area contributed by atoms with Crippen LogP contribution in [0.3, 0.4) is 0 Å². The largest absolute Gasteiger partial charge is 0.452 e. The van der Waals surface area contributed by atoms with E-state index >= 15 is 0 Å². The van der Waals surface area contributed by atoms with Crippen LogP contribution in [0.1, 0.15) is 50.9 Å². The van der Waals surface area contributed by atoms with E-state index in [1.807, 2.05) is 0 Å². The van der Waals surface area contributed by atoms with Crippen molar-refractivity contribution in [2.75, 3.05) is 44.1 Å². The number of aromatic nitrogens is 2. The van der Waals surface area contributed by atoms with Crippen LogP contribution in [0.25, 0.3) is 0 Å². The number of alkyl halides is 3. The third-order valence-electron chi connectivity index (χ3n) is 6.53. The zero-order valence-corrected chi connectivity index (χ0v) is 24.2. The third kappa shape index (κ3) is 7.38. The minimum Gasteiger partial charge on any atom is -0.381 e. The van der Waals surface area contributed by atoms with Gasteiger partial charge in [-0.1, -0.05) is 26.8 Å². The molecular formula is C24H35F3N6O4S2. The van der Waals surface area contributed by atoms with E-state index in [9.17, 15) is 26.4 Å². The van der Waals surface area contributed by atoms with Gasteiger partial charge in [-0.25, -0.2) is 12.7 Å². The number of carbonyl (C=O) groups is 1. The Morgan fingerprint density at radius 2 is 1.87 bits per heavy atom. The molecule has 10 nitrogen and oxygen atoms in total. The highest BCUT2D eigenvalue weighted by Gasteiger charge is 2.39. The zero-order chi connectivity index (χ0) is 29.1. The first-order valence-corrected chi connectivity index (χ1v) is 14.8. The van der Waals surface area contributed by atoms with E-state index in [4.69, 9.17) is 10.5 Å². The molecule has 39 heavy (non-hydrogen) atoms. The summed E-state index contributed by atoms with van der Waals surface area (Å²) in [6.07, 6.45) is -3.16. The van der Waals surface area contributed by atoms with Gasteiger partial charge >= 0.3 is 6.18 Å². The Morgan fingerprint density at radius 3 is 2.38 bits per heavy atom. The maximum atomic E-state index is 13.2. The average molecular weight is 593 g/mol. The Hall–Kier alpha value is -2.49. The van der Waals surface area contributed by atoms with E-state index in [2.05, 4.69) is 33.4 Å². The molecule has 15 heteroatoms. The molecule has 2 heterocycles. The molecule has 1 aliphatic rings. The molecular weight excluding hydrogens is 557 g/mol. The molecule has 1 amide bonds. The highest BCUT2D eigenvalue weighted by molar-refractivity contribution is 7.90. The fourth-order valence-electron chi connectivity index (χ4n) is 4.58. The van der Waals surface area contributed by atoms with Crippen LogP contribution in [-0.4, -0.2) is 73.1 Å². The number of nitrogens with zero attached hydrogens (tertiary/aromatic N) is 4. The lowest BCUT2D eigenvalue weighted by Gasteiger charge is -2.38. The summed E-state index contributed by atoms with van der Waals surface area (Å²) in [4.78, 5) is 18.1. The van der Waals surface area contributed by atoms with Gasteiger partial charge in [-0.15, -0.1) is 0 Å². The van der Waals surface area contributed by atoms with Gasteiger partial charge in [0.25, 0.3) is 0 Å². The number of ether oxygens (including phenoxy) is 1. The highest BCUT2D eigenvalue weighted by atomic mass is 32.2. The monoisotopic (exact) mass is 592 g/mol. The predicted octanol–water partition coefficient (Wildman–Crippen LogP) is 3.79. The number of nitrogens with two attached hydrogens (primary N) is 1. The molecule has 218 valence electrons. The van der Waals surface area contributed by atoms with Gasteiger partial charge in [0.15, 0.2) is 5.25 Å².